The number of nitrogens with one attached hydrogen (secondary N) is 1. The van der Waals surface area contributed by atoms with Crippen LogP contribution in [0.1, 0.15) is 38.7 Å². The van der Waals surface area contributed by atoms with Crippen molar-refractivity contribution in [1.29, 1.82) is 0 Å². The van der Waals surface area contributed by atoms with E-state index in [1.54, 1.807) is 25.3 Å². The van der Waals surface area contributed by atoms with Crippen molar-refractivity contribution in [3.63, 3.8) is 0 Å². The number of hydrogen-bond donors (Lipinski definition) is 1. The summed E-state index contributed by atoms with van der Waals surface area (Å²) in [7, 11) is 1.57. The second kappa shape index (κ2) is 10.4. The number of amides is 1. The van der Waals surface area contributed by atoms with Crippen molar-refractivity contribution in [2.45, 2.75) is 39.2 Å². The Morgan fingerprint density at radius 1 is 1.35 bits per heavy atom. The van der Waals surface area contributed by atoms with E-state index in [0.717, 1.165) is 38.0 Å². The van der Waals surface area contributed by atoms with Crippen LogP contribution < -0.4 is 14.8 Å². The zero-order valence-electron chi connectivity index (χ0n) is 15.9. The molecule has 0 radical (unpaired) electrons. The molecule has 1 aliphatic rings. The van der Waals surface area contributed by atoms with Crippen molar-refractivity contribution in [3.8, 4) is 11.5 Å². The lowest BCUT2D eigenvalue weighted by molar-refractivity contribution is -0.117. The molecule has 1 heterocycles. The molecule has 1 saturated heterocycles. The molecule has 1 aromatic carbocycles. The molecule has 0 unspecified atom stereocenters. The molecular formula is C20H29ClN2O3. The Balaban J connectivity index is 1.93. The standard InChI is InChI=1S/C20H29ClN2O3/c1-4-10-23-11-8-16(9-12-23)22-19(24)7-6-15-13-17(21)20(26-5-2)18(14-15)25-3/h6-7,13-14,16H,4-5,8-12H2,1-3H3,(H,22,24)/b7-6+. The highest BCUT2D eigenvalue weighted by Crippen LogP contribution is 2.36. The molecule has 0 spiro atoms. The molecule has 0 aliphatic carbocycles. The lowest BCUT2D eigenvalue weighted by Crippen LogP contribution is -2.44. The van der Waals surface area contributed by atoms with Crippen molar-refractivity contribution >= 4 is 23.6 Å². The number of rotatable bonds is 8. The summed E-state index contributed by atoms with van der Waals surface area (Å²) in [4.78, 5) is 14.7. The van der Waals surface area contributed by atoms with E-state index in [-0.39, 0.29) is 11.9 Å². The summed E-state index contributed by atoms with van der Waals surface area (Å²) in [6.07, 6.45) is 6.47. The van der Waals surface area contributed by atoms with Crippen molar-refractivity contribution < 1.29 is 14.3 Å². The highest BCUT2D eigenvalue weighted by molar-refractivity contribution is 6.32. The van der Waals surface area contributed by atoms with Gasteiger partial charge in [-0.15, -0.1) is 0 Å². The Hall–Kier alpha value is -1.72. The second-order valence-corrected chi connectivity index (χ2v) is 6.83. The van der Waals surface area contributed by atoms with Crippen LogP contribution in [0.25, 0.3) is 6.08 Å². The predicted octanol–water partition coefficient (Wildman–Crippen LogP) is 3.75. The van der Waals surface area contributed by atoms with Crippen LogP contribution in [0.4, 0.5) is 0 Å². The van der Waals surface area contributed by atoms with Crippen LogP contribution in [-0.2, 0) is 4.79 Å². The topological polar surface area (TPSA) is 50.8 Å². The molecule has 5 nitrogen and oxygen atoms in total. The van der Waals surface area contributed by atoms with Crippen LogP contribution in [0.2, 0.25) is 5.02 Å². The molecule has 1 amide bonds. The molecule has 2 rings (SSSR count). The maximum absolute atomic E-state index is 12.2. The lowest BCUT2D eigenvalue weighted by atomic mass is 10.0. The molecule has 0 aromatic heterocycles. The largest absolute Gasteiger partial charge is 0.493 e. The van der Waals surface area contributed by atoms with Gasteiger partial charge in [0.15, 0.2) is 11.5 Å². The first-order chi connectivity index (χ1) is 12.6. The van der Waals surface area contributed by atoms with E-state index in [2.05, 4.69) is 17.1 Å². The molecule has 1 aliphatic heterocycles. The molecule has 1 N–H and O–H groups in total. The van der Waals surface area contributed by atoms with Gasteiger partial charge in [0.25, 0.3) is 0 Å². The van der Waals surface area contributed by atoms with Gasteiger partial charge in [0.2, 0.25) is 5.91 Å². The maximum atomic E-state index is 12.2. The third kappa shape index (κ3) is 5.92. The summed E-state index contributed by atoms with van der Waals surface area (Å²) in [5, 5.41) is 3.55. The van der Waals surface area contributed by atoms with E-state index in [4.69, 9.17) is 21.1 Å². The Kier molecular flexibility index (Phi) is 8.26. The van der Waals surface area contributed by atoms with Gasteiger partial charge in [0, 0.05) is 25.2 Å². The highest BCUT2D eigenvalue weighted by atomic mass is 35.5. The summed E-state index contributed by atoms with van der Waals surface area (Å²) in [6.45, 7) is 7.83. The van der Waals surface area contributed by atoms with Gasteiger partial charge in [0.1, 0.15) is 0 Å². The zero-order chi connectivity index (χ0) is 18.9. The first-order valence-electron chi connectivity index (χ1n) is 9.28. The fourth-order valence-corrected chi connectivity index (χ4v) is 3.43. The van der Waals surface area contributed by atoms with Gasteiger partial charge < -0.3 is 19.7 Å². The van der Waals surface area contributed by atoms with Crippen LogP contribution in [0.3, 0.4) is 0 Å². The van der Waals surface area contributed by atoms with E-state index in [0.29, 0.717) is 23.1 Å². The fraction of sp³-hybridized carbons (Fsp3) is 0.550. The van der Waals surface area contributed by atoms with Crippen LogP contribution in [0, 0.1) is 0 Å². The minimum absolute atomic E-state index is 0.0806. The van der Waals surface area contributed by atoms with Crippen LogP contribution in [0.15, 0.2) is 18.2 Å². The summed E-state index contributed by atoms with van der Waals surface area (Å²) in [5.41, 5.74) is 0.795. The molecule has 26 heavy (non-hydrogen) atoms. The Bertz CT molecular complexity index is 626. The minimum Gasteiger partial charge on any atom is -0.493 e. The van der Waals surface area contributed by atoms with Crippen molar-refractivity contribution in [2.75, 3.05) is 33.4 Å². The van der Waals surface area contributed by atoms with Crippen molar-refractivity contribution in [2.24, 2.45) is 0 Å². The minimum atomic E-state index is -0.0806. The first-order valence-corrected chi connectivity index (χ1v) is 9.66. The number of methoxy groups -OCH3 is 1. The number of likely N-dealkylation sites (tertiary alicyclic amines) is 1. The molecule has 1 fully saturated rings. The number of ether oxygens (including phenoxy) is 2. The smallest absolute Gasteiger partial charge is 0.244 e. The number of benzene rings is 1. The number of nitrogens with zero attached hydrogens (tertiary/aromatic N) is 1. The molecule has 144 valence electrons. The van der Waals surface area contributed by atoms with Gasteiger partial charge in [-0.3, -0.25) is 4.79 Å². The Morgan fingerprint density at radius 2 is 2.08 bits per heavy atom. The predicted molar refractivity (Wildman–Crippen MR) is 106 cm³/mol. The van der Waals surface area contributed by atoms with Gasteiger partial charge in [0.05, 0.1) is 18.7 Å². The lowest BCUT2D eigenvalue weighted by Gasteiger charge is -2.31. The van der Waals surface area contributed by atoms with E-state index in [1.165, 1.54) is 6.42 Å². The van der Waals surface area contributed by atoms with E-state index >= 15 is 0 Å². The molecule has 0 atom stereocenters. The monoisotopic (exact) mass is 380 g/mol. The van der Waals surface area contributed by atoms with Gasteiger partial charge in [-0.2, -0.15) is 0 Å². The Labute approximate surface area is 161 Å². The second-order valence-electron chi connectivity index (χ2n) is 6.42. The average Bonchev–Trinajstić information content (AvgIpc) is 2.63. The van der Waals surface area contributed by atoms with E-state index < -0.39 is 0 Å². The van der Waals surface area contributed by atoms with Crippen molar-refractivity contribution in [1.82, 2.24) is 10.2 Å². The highest BCUT2D eigenvalue weighted by Gasteiger charge is 2.19. The number of carbonyl (C=O) groups is 1. The number of halogens is 1. The molecule has 0 bridgehead atoms. The van der Waals surface area contributed by atoms with Gasteiger partial charge >= 0.3 is 0 Å². The number of carbonyl (C=O) groups excluding carboxylic acids is 1. The summed E-state index contributed by atoms with van der Waals surface area (Å²) in [5.74, 6) is 1.00. The maximum Gasteiger partial charge on any atom is 0.244 e. The number of piperidine rings is 1. The average molecular weight is 381 g/mol. The molecule has 0 saturated carbocycles. The summed E-state index contributed by atoms with van der Waals surface area (Å²) >= 11 is 6.26. The Morgan fingerprint density at radius 3 is 2.69 bits per heavy atom. The third-order valence-corrected chi connectivity index (χ3v) is 4.72. The summed E-state index contributed by atoms with van der Waals surface area (Å²) < 4.78 is 10.8. The van der Waals surface area contributed by atoms with Crippen LogP contribution >= 0.6 is 11.6 Å². The SMILES string of the molecule is CCCN1CCC(NC(=O)/C=C/c2cc(Cl)c(OCC)c(OC)c2)CC1. The van der Waals surface area contributed by atoms with E-state index in [9.17, 15) is 4.79 Å². The summed E-state index contributed by atoms with van der Waals surface area (Å²) in [6, 6.07) is 3.82. The van der Waals surface area contributed by atoms with Gasteiger partial charge in [-0.25, -0.2) is 0 Å². The van der Waals surface area contributed by atoms with Gasteiger partial charge in [-0.05, 0) is 56.5 Å². The van der Waals surface area contributed by atoms with Crippen LogP contribution in [0.5, 0.6) is 11.5 Å². The normalized spacial score (nSPS) is 16.0. The number of hydrogen-bond acceptors (Lipinski definition) is 4. The zero-order valence-corrected chi connectivity index (χ0v) is 16.6. The van der Waals surface area contributed by atoms with E-state index in [1.807, 2.05) is 13.0 Å². The van der Waals surface area contributed by atoms with Gasteiger partial charge in [-0.1, -0.05) is 18.5 Å². The molecule has 6 heteroatoms. The quantitative estimate of drug-likeness (QED) is 0.698. The molecule has 1 aromatic rings. The van der Waals surface area contributed by atoms with Crippen LogP contribution in [-0.4, -0.2) is 50.2 Å². The molecular weight excluding hydrogens is 352 g/mol. The fourth-order valence-electron chi connectivity index (χ4n) is 3.16. The van der Waals surface area contributed by atoms with Crippen molar-refractivity contribution in [3.05, 3.63) is 28.8 Å². The third-order valence-electron chi connectivity index (χ3n) is 4.44. The first kappa shape index (κ1) is 20.6.